The van der Waals surface area contributed by atoms with Crippen molar-refractivity contribution in [1.82, 2.24) is 10.3 Å². The van der Waals surface area contributed by atoms with E-state index in [2.05, 4.69) is 17.4 Å². The number of nitrogens with zero attached hydrogens (tertiary/aromatic N) is 1. The third kappa shape index (κ3) is 3.77. The van der Waals surface area contributed by atoms with Crippen LogP contribution in [0.5, 0.6) is 0 Å². The lowest BCUT2D eigenvalue weighted by Crippen LogP contribution is -2.44. The van der Waals surface area contributed by atoms with Crippen LogP contribution < -0.4 is 11.3 Å². The second kappa shape index (κ2) is 6.05. The predicted octanol–water partition coefficient (Wildman–Crippen LogP) is -0.277. The normalized spacial score (nSPS) is 20.3. The monoisotopic (exact) mass is 215 g/mol. The van der Waals surface area contributed by atoms with Crippen LogP contribution in [0, 0.1) is 5.92 Å². The minimum absolute atomic E-state index is 0.0668. The molecule has 1 saturated heterocycles. The number of rotatable bonds is 4. The zero-order valence-corrected chi connectivity index (χ0v) is 9.53. The average molecular weight is 215 g/mol. The zero-order chi connectivity index (χ0) is 11.3. The Bertz CT molecular complexity index is 205. The third-order valence-electron chi connectivity index (χ3n) is 2.97. The topological polar surface area (TPSA) is 67.6 Å². The number of ether oxygens (including phenoxy) is 1. The molecule has 0 radical (unpaired) electrons. The van der Waals surface area contributed by atoms with Gasteiger partial charge >= 0.3 is 0 Å². The molecule has 1 rings (SSSR count). The van der Waals surface area contributed by atoms with Gasteiger partial charge in [-0.25, -0.2) is 5.84 Å². The van der Waals surface area contributed by atoms with Crippen molar-refractivity contribution >= 4 is 5.91 Å². The van der Waals surface area contributed by atoms with Crippen LogP contribution in [-0.2, 0) is 9.53 Å². The summed E-state index contributed by atoms with van der Waals surface area (Å²) in [5.74, 6) is 4.92. The lowest BCUT2D eigenvalue weighted by Gasteiger charge is -2.32. The molecule has 0 aromatic carbocycles. The van der Waals surface area contributed by atoms with Crippen molar-refractivity contribution in [3.05, 3.63) is 0 Å². The largest absolute Gasteiger partial charge is 0.381 e. The van der Waals surface area contributed by atoms with Gasteiger partial charge in [0.2, 0.25) is 5.91 Å². The summed E-state index contributed by atoms with van der Waals surface area (Å²) in [5.41, 5.74) is 2.18. The van der Waals surface area contributed by atoms with Crippen LogP contribution in [0.1, 0.15) is 19.8 Å². The summed E-state index contributed by atoms with van der Waals surface area (Å²) in [6.45, 7) is 4.28. The molecule has 1 heterocycles. The summed E-state index contributed by atoms with van der Waals surface area (Å²) in [6.07, 6.45) is 2.10. The molecule has 5 heteroatoms. The van der Waals surface area contributed by atoms with Crippen molar-refractivity contribution in [3.63, 3.8) is 0 Å². The maximum atomic E-state index is 11.2. The van der Waals surface area contributed by atoms with E-state index in [-0.39, 0.29) is 11.8 Å². The summed E-state index contributed by atoms with van der Waals surface area (Å²) in [4.78, 5) is 13.5. The van der Waals surface area contributed by atoms with Crippen molar-refractivity contribution in [3.8, 4) is 0 Å². The molecule has 1 atom stereocenters. The Balaban J connectivity index is 2.33. The standard InChI is InChI=1S/C10H21N3O2/c1-8(10(14)12-11)7-13(2)9-3-5-15-6-4-9/h8-9H,3-7,11H2,1-2H3,(H,12,14). The van der Waals surface area contributed by atoms with E-state index < -0.39 is 0 Å². The second-order valence-electron chi connectivity index (χ2n) is 4.19. The number of hydrogen-bond donors (Lipinski definition) is 2. The van der Waals surface area contributed by atoms with Gasteiger partial charge in [-0.1, -0.05) is 6.92 Å². The van der Waals surface area contributed by atoms with Crippen molar-refractivity contribution in [2.75, 3.05) is 26.8 Å². The Labute approximate surface area is 90.9 Å². The maximum absolute atomic E-state index is 11.2. The van der Waals surface area contributed by atoms with Gasteiger partial charge in [0.1, 0.15) is 0 Å². The Kier molecular flexibility index (Phi) is 5.01. The number of carbonyl (C=O) groups is 1. The summed E-state index contributed by atoms with van der Waals surface area (Å²) < 4.78 is 5.30. The molecule has 1 aliphatic rings. The lowest BCUT2D eigenvalue weighted by molar-refractivity contribution is -0.125. The van der Waals surface area contributed by atoms with Crippen LogP contribution in [0.15, 0.2) is 0 Å². The Morgan fingerprint density at radius 1 is 1.60 bits per heavy atom. The molecule has 1 amide bonds. The number of hydrogen-bond acceptors (Lipinski definition) is 4. The first-order chi connectivity index (χ1) is 7.15. The van der Waals surface area contributed by atoms with E-state index in [1.807, 2.05) is 6.92 Å². The first-order valence-corrected chi connectivity index (χ1v) is 5.43. The number of hydrazine groups is 1. The molecule has 3 N–H and O–H groups in total. The van der Waals surface area contributed by atoms with Gasteiger partial charge < -0.3 is 9.64 Å². The van der Waals surface area contributed by atoms with E-state index in [9.17, 15) is 4.79 Å². The van der Waals surface area contributed by atoms with E-state index in [0.717, 1.165) is 32.6 Å². The van der Waals surface area contributed by atoms with Gasteiger partial charge in [0, 0.05) is 31.7 Å². The van der Waals surface area contributed by atoms with Crippen molar-refractivity contribution in [1.29, 1.82) is 0 Å². The molecule has 1 aliphatic heterocycles. The van der Waals surface area contributed by atoms with Crippen LogP contribution in [0.25, 0.3) is 0 Å². The Morgan fingerprint density at radius 3 is 2.73 bits per heavy atom. The van der Waals surface area contributed by atoms with E-state index in [1.165, 1.54) is 0 Å². The highest BCUT2D eigenvalue weighted by Crippen LogP contribution is 2.14. The molecule has 0 spiro atoms. The summed E-state index contributed by atoms with van der Waals surface area (Å²) in [5, 5.41) is 0. The summed E-state index contributed by atoms with van der Waals surface area (Å²) in [6, 6.07) is 0.534. The molecule has 1 unspecified atom stereocenters. The minimum atomic E-state index is -0.103. The first kappa shape index (κ1) is 12.4. The molecule has 0 aromatic rings. The number of nitrogens with one attached hydrogen (secondary N) is 1. The van der Waals surface area contributed by atoms with Gasteiger partial charge in [-0.3, -0.25) is 10.2 Å². The van der Waals surface area contributed by atoms with Gasteiger partial charge in [-0.2, -0.15) is 0 Å². The quantitative estimate of drug-likeness (QED) is 0.384. The highest BCUT2D eigenvalue weighted by Gasteiger charge is 2.21. The number of amides is 1. The number of carbonyl (C=O) groups excluding carboxylic acids is 1. The van der Waals surface area contributed by atoms with Gasteiger partial charge in [-0.15, -0.1) is 0 Å². The van der Waals surface area contributed by atoms with Crippen LogP contribution in [0.3, 0.4) is 0 Å². The predicted molar refractivity (Wildman–Crippen MR) is 58.0 cm³/mol. The molecule has 1 fully saturated rings. The van der Waals surface area contributed by atoms with Crippen LogP contribution in [0.2, 0.25) is 0 Å². The Hall–Kier alpha value is -0.650. The summed E-state index contributed by atoms with van der Waals surface area (Å²) in [7, 11) is 2.05. The van der Waals surface area contributed by atoms with Gasteiger partial charge in [0.05, 0.1) is 0 Å². The molecule has 88 valence electrons. The van der Waals surface area contributed by atoms with Crippen LogP contribution in [-0.4, -0.2) is 43.7 Å². The molecule has 0 saturated carbocycles. The SMILES string of the molecule is CC(CN(C)C1CCOCC1)C(=O)NN. The van der Waals surface area contributed by atoms with E-state index in [1.54, 1.807) is 0 Å². The van der Waals surface area contributed by atoms with Crippen molar-refractivity contribution in [2.24, 2.45) is 11.8 Å². The fraction of sp³-hybridized carbons (Fsp3) is 0.900. The molecule has 5 nitrogen and oxygen atoms in total. The van der Waals surface area contributed by atoms with Crippen LogP contribution in [0.4, 0.5) is 0 Å². The fourth-order valence-electron chi connectivity index (χ4n) is 1.93. The lowest BCUT2D eigenvalue weighted by atomic mass is 10.1. The zero-order valence-electron chi connectivity index (χ0n) is 9.53. The van der Waals surface area contributed by atoms with E-state index >= 15 is 0 Å². The molecule has 0 aliphatic carbocycles. The molecule has 0 bridgehead atoms. The van der Waals surface area contributed by atoms with E-state index in [0.29, 0.717) is 6.04 Å². The molecule has 15 heavy (non-hydrogen) atoms. The Morgan fingerprint density at radius 2 is 2.20 bits per heavy atom. The highest BCUT2D eigenvalue weighted by atomic mass is 16.5. The first-order valence-electron chi connectivity index (χ1n) is 5.43. The second-order valence-corrected chi connectivity index (χ2v) is 4.19. The molecular formula is C10H21N3O2. The average Bonchev–Trinajstić information content (AvgIpc) is 2.29. The minimum Gasteiger partial charge on any atom is -0.381 e. The van der Waals surface area contributed by atoms with Crippen molar-refractivity contribution in [2.45, 2.75) is 25.8 Å². The van der Waals surface area contributed by atoms with Crippen LogP contribution >= 0.6 is 0 Å². The number of nitrogens with two attached hydrogens (primary N) is 1. The van der Waals surface area contributed by atoms with Crippen molar-refractivity contribution < 1.29 is 9.53 Å². The van der Waals surface area contributed by atoms with Gasteiger partial charge in [-0.05, 0) is 19.9 Å². The van der Waals surface area contributed by atoms with Gasteiger partial charge in [0.15, 0.2) is 0 Å². The summed E-state index contributed by atoms with van der Waals surface area (Å²) >= 11 is 0. The highest BCUT2D eigenvalue weighted by molar-refractivity contribution is 5.77. The maximum Gasteiger partial charge on any atom is 0.237 e. The fourth-order valence-corrected chi connectivity index (χ4v) is 1.93. The smallest absolute Gasteiger partial charge is 0.237 e. The molecular weight excluding hydrogens is 194 g/mol. The third-order valence-corrected chi connectivity index (χ3v) is 2.97. The molecule has 0 aromatic heterocycles. The van der Waals surface area contributed by atoms with Gasteiger partial charge in [0.25, 0.3) is 0 Å². The van der Waals surface area contributed by atoms with E-state index in [4.69, 9.17) is 10.6 Å².